The Labute approximate surface area is 181 Å². The third kappa shape index (κ3) is 4.80. The van der Waals surface area contributed by atoms with E-state index in [0.29, 0.717) is 30.6 Å². The fourth-order valence-electron chi connectivity index (χ4n) is 4.99. The third-order valence-corrected chi connectivity index (χ3v) is 6.35. The molecule has 2 fully saturated rings. The van der Waals surface area contributed by atoms with Gasteiger partial charge in [0.15, 0.2) is 5.69 Å². The van der Waals surface area contributed by atoms with E-state index in [9.17, 15) is 18.0 Å². The molecule has 3 aliphatic rings. The highest BCUT2D eigenvalue weighted by Gasteiger charge is 2.42. The average Bonchev–Trinajstić information content (AvgIpc) is 2.96. The van der Waals surface area contributed by atoms with Crippen LogP contribution in [0.5, 0.6) is 0 Å². The topological polar surface area (TPSA) is 58.1 Å². The molecule has 3 unspecified atom stereocenters. The Morgan fingerprint density at radius 1 is 1.10 bits per heavy atom. The van der Waals surface area contributed by atoms with Gasteiger partial charge in [-0.05, 0) is 51.9 Å². The molecule has 2 bridgehead atoms. The normalized spacial score (nSPS) is 28.0. The molecule has 1 aliphatic carbocycles. The summed E-state index contributed by atoms with van der Waals surface area (Å²) in [5, 5.41) is 3.56. The van der Waals surface area contributed by atoms with Crippen LogP contribution in [0, 0.1) is 12.8 Å². The molecule has 0 aromatic carbocycles. The van der Waals surface area contributed by atoms with Crippen molar-refractivity contribution in [3.8, 4) is 0 Å². The van der Waals surface area contributed by atoms with Crippen molar-refractivity contribution in [3.05, 3.63) is 22.8 Å². The summed E-state index contributed by atoms with van der Waals surface area (Å²) in [4.78, 5) is 22.7. The predicted octanol–water partition coefficient (Wildman–Crippen LogP) is 3.49. The molecule has 1 amide bonds. The lowest BCUT2D eigenvalue weighted by Crippen LogP contribution is -2.50. The summed E-state index contributed by atoms with van der Waals surface area (Å²) in [5.74, 6) is -0.337. The molecule has 3 atom stereocenters. The van der Waals surface area contributed by atoms with Crippen LogP contribution >= 0.6 is 24.8 Å². The quantitative estimate of drug-likeness (QED) is 0.742. The molecule has 1 aromatic heterocycles. The van der Waals surface area contributed by atoms with E-state index in [1.165, 1.54) is 6.92 Å². The maximum absolute atomic E-state index is 13.4. The first kappa shape index (κ1) is 24.2. The van der Waals surface area contributed by atoms with E-state index in [0.717, 1.165) is 25.7 Å². The Kier molecular flexibility index (Phi) is 7.44. The minimum Gasteiger partial charge on any atom is -0.342 e. The zero-order chi connectivity index (χ0) is 19.3. The van der Waals surface area contributed by atoms with Crippen molar-refractivity contribution in [2.24, 2.45) is 5.92 Å². The highest BCUT2D eigenvalue weighted by Crippen LogP contribution is 2.37. The molecule has 1 aromatic rings. The smallest absolute Gasteiger partial charge is 0.342 e. The molecule has 0 spiro atoms. The van der Waals surface area contributed by atoms with E-state index in [1.807, 2.05) is 7.05 Å². The maximum Gasteiger partial charge on any atom is 0.433 e. The summed E-state index contributed by atoms with van der Waals surface area (Å²) in [6.45, 7) is 1.48. The molecular formula is C19H27Cl2F3N4O. The second-order valence-electron chi connectivity index (χ2n) is 8.19. The van der Waals surface area contributed by atoms with Crippen LogP contribution < -0.4 is 5.32 Å². The van der Waals surface area contributed by atoms with Crippen LogP contribution in [0.3, 0.4) is 0 Å². The van der Waals surface area contributed by atoms with Crippen LogP contribution in [-0.2, 0) is 23.8 Å². The summed E-state index contributed by atoms with van der Waals surface area (Å²) in [6, 6.07) is 1.10. The van der Waals surface area contributed by atoms with Crippen molar-refractivity contribution in [2.45, 2.75) is 76.2 Å². The fourth-order valence-corrected chi connectivity index (χ4v) is 4.99. The Balaban J connectivity index is 0.00000150. The van der Waals surface area contributed by atoms with Crippen LogP contribution in [-0.4, -0.2) is 45.9 Å². The molecule has 4 rings (SSSR count). The molecule has 0 saturated carbocycles. The molecule has 3 heterocycles. The first-order valence-electron chi connectivity index (χ1n) is 9.68. The second-order valence-corrected chi connectivity index (χ2v) is 8.19. The standard InChI is InChI=1S/C19H25F3N4O.2ClH/c1-10-23-16-6-3-11(7-15(16)17(24-10)19(20,21)22)18(27)26(2)14-8-12-4-5-13(9-14)25-12;;/h11-14,25H,3-9H2,1-2H3;2*1H. The number of alkyl halides is 3. The molecule has 5 nitrogen and oxygen atoms in total. The van der Waals surface area contributed by atoms with Crippen molar-refractivity contribution >= 4 is 30.7 Å². The van der Waals surface area contributed by atoms with Gasteiger partial charge in [-0.3, -0.25) is 4.79 Å². The molecule has 2 aliphatic heterocycles. The van der Waals surface area contributed by atoms with Gasteiger partial charge in [-0.1, -0.05) is 0 Å². The summed E-state index contributed by atoms with van der Waals surface area (Å²) in [5.41, 5.74) is -0.317. The lowest BCUT2D eigenvalue weighted by Gasteiger charge is -2.38. The second kappa shape index (κ2) is 8.94. The minimum absolute atomic E-state index is 0. The number of hydrogen-bond donors (Lipinski definition) is 1. The molecule has 1 N–H and O–H groups in total. The summed E-state index contributed by atoms with van der Waals surface area (Å²) < 4.78 is 40.3. The fraction of sp³-hybridized carbons (Fsp3) is 0.737. The monoisotopic (exact) mass is 454 g/mol. The maximum atomic E-state index is 13.4. The number of hydrogen-bond acceptors (Lipinski definition) is 4. The van der Waals surface area contributed by atoms with Gasteiger partial charge in [-0.2, -0.15) is 13.2 Å². The van der Waals surface area contributed by atoms with Crippen molar-refractivity contribution in [3.63, 3.8) is 0 Å². The van der Waals surface area contributed by atoms with Crippen molar-refractivity contribution < 1.29 is 18.0 Å². The van der Waals surface area contributed by atoms with Crippen LogP contribution in [0.2, 0.25) is 0 Å². The van der Waals surface area contributed by atoms with Crippen LogP contribution in [0.4, 0.5) is 13.2 Å². The largest absolute Gasteiger partial charge is 0.433 e. The van der Waals surface area contributed by atoms with E-state index in [1.54, 1.807) is 4.90 Å². The van der Waals surface area contributed by atoms with Crippen molar-refractivity contribution in [1.82, 2.24) is 20.2 Å². The number of rotatable bonds is 2. The van der Waals surface area contributed by atoms with Gasteiger partial charge in [0.2, 0.25) is 5.91 Å². The number of carbonyl (C=O) groups is 1. The van der Waals surface area contributed by atoms with E-state index >= 15 is 0 Å². The van der Waals surface area contributed by atoms with Crippen molar-refractivity contribution in [1.29, 1.82) is 0 Å². The van der Waals surface area contributed by atoms with Crippen molar-refractivity contribution in [2.75, 3.05) is 7.05 Å². The Morgan fingerprint density at radius 3 is 2.31 bits per heavy atom. The van der Waals surface area contributed by atoms with Gasteiger partial charge in [-0.25, -0.2) is 9.97 Å². The van der Waals surface area contributed by atoms with E-state index in [2.05, 4.69) is 15.3 Å². The molecule has 29 heavy (non-hydrogen) atoms. The SMILES string of the molecule is Cc1nc2c(c(C(F)(F)F)n1)CC(C(=O)N(C)C1CC3CCC(C1)N3)CC2.Cl.Cl. The number of fused-ring (bicyclic) bond motifs is 3. The number of aromatic nitrogens is 2. The Morgan fingerprint density at radius 2 is 1.72 bits per heavy atom. The van der Waals surface area contributed by atoms with Crippen LogP contribution in [0.25, 0.3) is 0 Å². The van der Waals surface area contributed by atoms with Gasteiger partial charge >= 0.3 is 6.18 Å². The van der Waals surface area contributed by atoms with Gasteiger partial charge in [0.1, 0.15) is 5.82 Å². The molecular weight excluding hydrogens is 428 g/mol. The number of nitrogens with one attached hydrogen (secondary N) is 1. The highest BCUT2D eigenvalue weighted by atomic mass is 35.5. The molecule has 0 radical (unpaired) electrons. The van der Waals surface area contributed by atoms with Crippen LogP contribution in [0.15, 0.2) is 0 Å². The Hall–Kier alpha value is -1.12. The first-order chi connectivity index (χ1) is 12.7. The van der Waals surface area contributed by atoms with Crippen LogP contribution in [0.1, 0.15) is 54.9 Å². The number of nitrogens with zero attached hydrogens (tertiary/aromatic N) is 3. The van der Waals surface area contributed by atoms with Gasteiger partial charge < -0.3 is 10.2 Å². The van der Waals surface area contributed by atoms with E-state index < -0.39 is 17.8 Å². The van der Waals surface area contributed by atoms with Gasteiger partial charge in [0.25, 0.3) is 0 Å². The summed E-state index contributed by atoms with van der Waals surface area (Å²) in [7, 11) is 1.81. The van der Waals surface area contributed by atoms with Gasteiger partial charge in [-0.15, -0.1) is 24.8 Å². The molecule has 2 saturated heterocycles. The zero-order valence-corrected chi connectivity index (χ0v) is 18.1. The number of halogens is 5. The molecule has 164 valence electrons. The summed E-state index contributed by atoms with van der Waals surface area (Å²) in [6.07, 6.45) is 0.632. The average molecular weight is 455 g/mol. The number of carbonyl (C=O) groups excluding carboxylic acids is 1. The Bertz CT molecular complexity index is 750. The zero-order valence-electron chi connectivity index (χ0n) is 16.5. The summed E-state index contributed by atoms with van der Waals surface area (Å²) >= 11 is 0. The number of amides is 1. The number of piperidine rings is 1. The predicted molar refractivity (Wildman–Crippen MR) is 108 cm³/mol. The van der Waals surface area contributed by atoms with Gasteiger partial charge in [0, 0.05) is 42.3 Å². The van der Waals surface area contributed by atoms with E-state index in [-0.39, 0.29) is 54.6 Å². The lowest BCUT2D eigenvalue weighted by molar-refractivity contribution is -0.143. The van der Waals surface area contributed by atoms with E-state index in [4.69, 9.17) is 0 Å². The van der Waals surface area contributed by atoms with Gasteiger partial charge in [0.05, 0.1) is 0 Å². The minimum atomic E-state index is -4.52. The number of aryl methyl sites for hydroxylation is 2. The third-order valence-electron chi connectivity index (χ3n) is 6.35. The lowest BCUT2D eigenvalue weighted by atomic mass is 9.84. The first-order valence-corrected chi connectivity index (χ1v) is 9.68. The molecule has 10 heteroatoms. The highest BCUT2D eigenvalue weighted by molar-refractivity contribution is 5.85.